The molecule has 0 heterocycles. The molecular weight excluding hydrogens is 432 g/mol. The van der Waals surface area contributed by atoms with Gasteiger partial charge in [-0.2, -0.15) is 0 Å². The summed E-state index contributed by atoms with van der Waals surface area (Å²) in [6.45, 7) is 2.30. The number of hydrogen-bond acceptors (Lipinski definition) is 0. The van der Waals surface area contributed by atoms with Crippen molar-refractivity contribution in [1.82, 2.24) is 0 Å². The molecule has 0 N–H and O–H groups in total. The van der Waals surface area contributed by atoms with Gasteiger partial charge in [0.05, 0.1) is 0 Å². The van der Waals surface area contributed by atoms with Crippen molar-refractivity contribution in [2.75, 3.05) is 0 Å². The van der Waals surface area contributed by atoms with Gasteiger partial charge in [0.15, 0.2) is 0 Å². The average Bonchev–Trinajstić information content (AvgIpc) is 2.91. The first-order chi connectivity index (χ1) is 17.9. The van der Waals surface area contributed by atoms with Gasteiger partial charge in [-0.05, 0) is 29.2 Å². The van der Waals surface area contributed by atoms with E-state index in [2.05, 4.69) is 49.4 Å². The van der Waals surface area contributed by atoms with Crippen molar-refractivity contribution in [1.29, 1.82) is 0 Å². The highest BCUT2D eigenvalue weighted by molar-refractivity contribution is 5.85. The highest BCUT2D eigenvalue weighted by Gasteiger charge is 2.00. The average molecular weight is 493 g/mol. The number of hydrogen-bond donors (Lipinski definition) is 0. The minimum Gasteiger partial charge on any atom is -0.0654 e. The molecule has 2 aromatic carbocycles. The Morgan fingerprint density at radius 2 is 0.722 bits per heavy atom. The van der Waals surface area contributed by atoms with Crippen molar-refractivity contribution >= 4 is 10.8 Å². The standard InChI is InChI=1S/C36H60/c1-2-3-4-5-6-7-8-9-10-11-12-13-14-15-16-17-18-19-20-21-22-23-24-25-29-34-31-28-32-35-30-26-27-33-36(34)35/h26-28,30-33H,2-25,29H2,1H3. The van der Waals surface area contributed by atoms with Crippen LogP contribution < -0.4 is 0 Å². The molecule has 204 valence electrons. The molecule has 0 amide bonds. The molecule has 0 unspecified atom stereocenters. The van der Waals surface area contributed by atoms with Crippen molar-refractivity contribution in [3.8, 4) is 0 Å². The van der Waals surface area contributed by atoms with Crippen LogP contribution in [-0.4, -0.2) is 0 Å². The van der Waals surface area contributed by atoms with Gasteiger partial charge in [-0.3, -0.25) is 0 Å². The van der Waals surface area contributed by atoms with Crippen LogP contribution in [0.5, 0.6) is 0 Å². The van der Waals surface area contributed by atoms with Crippen LogP contribution in [0, 0.1) is 0 Å². The molecule has 0 spiro atoms. The maximum atomic E-state index is 2.32. The third-order valence-corrected chi connectivity index (χ3v) is 8.18. The molecule has 0 fully saturated rings. The molecule has 0 aliphatic rings. The minimum atomic E-state index is 1.24. The lowest BCUT2D eigenvalue weighted by atomic mass is 9.99. The Morgan fingerprint density at radius 1 is 0.361 bits per heavy atom. The highest BCUT2D eigenvalue weighted by atomic mass is 14.1. The van der Waals surface area contributed by atoms with Gasteiger partial charge >= 0.3 is 0 Å². The van der Waals surface area contributed by atoms with E-state index < -0.39 is 0 Å². The number of rotatable bonds is 25. The Bertz CT molecular complexity index is 724. The molecule has 0 heteroatoms. The predicted octanol–water partition coefficient (Wildman–Crippen LogP) is 12.8. The largest absolute Gasteiger partial charge is 0.0654 e. The van der Waals surface area contributed by atoms with E-state index in [1.54, 1.807) is 0 Å². The van der Waals surface area contributed by atoms with E-state index in [-0.39, 0.29) is 0 Å². The van der Waals surface area contributed by atoms with Gasteiger partial charge in [-0.25, -0.2) is 0 Å². The van der Waals surface area contributed by atoms with Gasteiger partial charge in [0.2, 0.25) is 0 Å². The van der Waals surface area contributed by atoms with Crippen LogP contribution in [0.15, 0.2) is 42.5 Å². The maximum Gasteiger partial charge on any atom is -0.0152 e. The normalized spacial score (nSPS) is 11.5. The van der Waals surface area contributed by atoms with Crippen molar-refractivity contribution in [2.24, 2.45) is 0 Å². The molecule has 0 saturated carbocycles. The molecular formula is C36H60. The molecule has 0 saturated heterocycles. The molecule has 0 aliphatic heterocycles. The van der Waals surface area contributed by atoms with E-state index >= 15 is 0 Å². The number of unbranched alkanes of at least 4 members (excludes halogenated alkanes) is 23. The van der Waals surface area contributed by atoms with Crippen molar-refractivity contribution in [2.45, 2.75) is 167 Å². The van der Waals surface area contributed by atoms with E-state index in [0.717, 1.165) is 0 Å². The molecule has 0 atom stereocenters. The summed E-state index contributed by atoms with van der Waals surface area (Å²) < 4.78 is 0. The SMILES string of the molecule is CCCCCCCCCCCCCCCCCCCCCCCCCCc1cccc2ccccc12. The van der Waals surface area contributed by atoms with Gasteiger partial charge in [0.1, 0.15) is 0 Å². The summed E-state index contributed by atoms with van der Waals surface area (Å²) in [7, 11) is 0. The summed E-state index contributed by atoms with van der Waals surface area (Å²) in [4.78, 5) is 0. The van der Waals surface area contributed by atoms with Gasteiger partial charge in [-0.1, -0.05) is 197 Å². The smallest absolute Gasteiger partial charge is 0.0152 e. The molecule has 2 aromatic rings. The monoisotopic (exact) mass is 492 g/mol. The summed E-state index contributed by atoms with van der Waals surface area (Å²) in [5, 5.41) is 2.84. The van der Waals surface area contributed by atoms with Gasteiger partial charge in [0.25, 0.3) is 0 Å². The molecule has 0 nitrogen and oxygen atoms in total. The van der Waals surface area contributed by atoms with E-state index in [0.29, 0.717) is 0 Å². The lowest BCUT2D eigenvalue weighted by Crippen LogP contribution is -1.88. The van der Waals surface area contributed by atoms with Crippen LogP contribution in [0.3, 0.4) is 0 Å². The zero-order chi connectivity index (χ0) is 25.4. The van der Waals surface area contributed by atoms with E-state index in [4.69, 9.17) is 0 Å². The maximum absolute atomic E-state index is 2.32. The summed E-state index contributed by atoms with van der Waals surface area (Å²) in [6.07, 6.45) is 36.2. The quantitative estimate of drug-likeness (QED) is 0.121. The molecule has 2 rings (SSSR count). The summed E-state index contributed by atoms with van der Waals surface area (Å²) in [6, 6.07) is 15.6. The van der Waals surface area contributed by atoms with Crippen LogP contribution >= 0.6 is 0 Å². The van der Waals surface area contributed by atoms with Crippen LogP contribution in [0.4, 0.5) is 0 Å². The molecule has 0 radical (unpaired) electrons. The fourth-order valence-corrected chi connectivity index (χ4v) is 5.79. The fraction of sp³-hybridized carbons (Fsp3) is 0.722. The first kappa shape index (κ1) is 30.9. The lowest BCUT2D eigenvalue weighted by Gasteiger charge is -2.07. The summed E-state index contributed by atoms with van der Waals surface area (Å²) in [5.41, 5.74) is 1.53. The van der Waals surface area contributed by atoms with Gasteiger partial charge in [0, 0.05) is 0 Å². The zero-order valence-corrected chi connectivity index (χ0v) is 24.2. The zero-order valence-electron chi connectivity index (χ0n) is 24.2. The second-order valence-electron chi connectivity index (χ2n) is 11.5. The Morgan fingerprint density at radius 3 is 1.17 bits per heavy atom. The van der Waals surface area contributed by atoms with Crippen LogP contribution in [-0.2, 0) is 6.42 Å². The number of aryl methyl sites for hydroxylation is 1. The van der Waals surface area contributed by atoms with Crippen LogP contribution in [0.25, 0.3) is 10.8 Å². The van der Waals surface area contributed by atoms with Crippen LogP contribution in [0.1, 0.15) is 167 Å². The number of fused-ring (bicyclic) bond motifs is 1. The first-order valence-corrected chi connectivity index (χ1v) is 16.4. The van der Waals surface area contributed by atoms with E-state index in [9.17, 15) is 0 Å². The highest BCUT2D eigenvalue weighted by Crippen LogP contribution is 2.21. The van der Waals surface area contributed by atoms with Gasteiger partial charge < -0.3 is 0 Å². The molecule has 0 aromatic heterocycles. The van der Waals surface area contributed by atoms with Crippen molar-refractivity contribution < 1.29 is 0 Å². The fourth-order valence-electron chi connectivity index (χ4n) is 5.79. The Kier molecular flexibility index (Phi) is 19.6. The molecule has 36 heavy (non-hydrogen) atoms. The van der Waals surface area contributed by atoms with Crippen molar-refractivity contribution in [3.05, 3.63) is 48.0 Å². The predicted molar refractivity (Wildman–Crippen MR) is 164 cm³/mol. The second kappa shape index (κ2) is 22.9. The topological polar surface area (TPSA) is 0 Å². The Balaban J connectivity index is 1.25. The summed E-state index contributed by atoms with van der Waals surface area (Å²) >= 11 is 0. The third-order valence-electron chi connectivity index (χ3n) is 8.18. The molecule has 0 aliphatic carbocycles. The van der Waals surface area contributed by atoms with Crippen molar-refractivity contribution in [3.63, 3.8) is 0 Å². The minimum absolute atomic E-state index is 1.24. The second-order valence-corrected chi connectivity index (χ2v) is 11.5. The Hall–Kier alpha value is -1.30. The third kappa shape index (κ3) is 15.7. The molecule has 0 bridgehead atoms. The van der Waals surface area contributed by atoms with E-state index in [1.165, 1.54) is 177 Å². The number of benzene rings is 2. The first-order valence-electron chi connectivity index (χ1n) is 16.4. The Labute approximate surface area is 226 Å². The van der Waals surface area contributed by atoms with Gasteiger partial charge in [-0.15, -0.1) is 0 Å². The van der Waals surface area contributed by atoms with E-state index in [1.807, 2.05) is 0 Å². The lowest BCUT2D eigenvalue weighted by molar-refractivity contribution is 0.517. The summed E-state index contributed by atoms with van der Waals surface area (Å²) in [5.74, 6) is 0. The van der Waals surface area contributed by atoms with Crippen LogP contribution in [0.2, 0.25) is 0 Å².